The maximum absolute atomic E-state index is 11.4. The molecule has 0 radical (unpaired) electrons. The van der Waals surface area contributed by atoms with Crippen molar-refractivity contribution >= 4 is 6.09 Å². The average Bonchev–Trinajstić information content (AvgIpc) is 2.14. The van der Waals surface area contributed by atoms with Crippen LogP contribution in [0.25, 0.3) is 0 Å². The Balaban J connectivity index is 2.30. The molecule has 1 saturated heterocycles. The first-order valence-electron chi connectivity index (χ1n) is 5.65. The first-order valence-corrected chi connectivity index (χ1v) is 5.65. The molecule has 0 aliphatic carbocycles. The van der Waals surface area contributed by atoms with Crippen molar-refractivity contribution in [1.29, 1.82) is 0 Å². The minimum atomic E-state index is -0.470. The van der Waals surface area contributed by atoms with Crippen LogP contribution in [0.15, 0.2) is 0 Å². The van der Waals surface area contributed by atoms with Gasteiger partial charge in [0.15, 0.2) is 0 Å². The van der Waals surface area contributed by atoms with Crippen LogP contribution in [0.5, 0.6) is 0 Å². The molecule has 1 rings (SSSR count). The fourth-order valence-electron chi connectivity index (χ4n) is 1.45. The largest absolute Gasteiger partial charge is 0.443 e. The van der Waals surface area contributed by atoms with E-state index < -0.39 is 11.7 Å². The molecule has 1 amide bonds. The Bertz CT molecular complexity index is 242. The first-order chi connectivity index (χ1) is 7.31. The highest BCUT2D eigenvalue weighted by atomic mass is 16.6. The van der Waals surface area contributed by atoms with Gasteiger partial charge in [0, 0.05) is 18.8 Å². The second-order valence-electron chi connectivity index (χ2n) is 5.42. The molecule has 5 heteroatoms. The van der Waals surface area contributed by atoms with E-state index in [4.69, 9.17) is 9.47 Å². The lowest BCUT2D eigenvalue weighted by Crippen LogP contribution is -2.55. The van der Waals surface area contributed by atoms with E-state index in [1.807, 2.05) is 20.8 Å². The molecule has 2 N–H and O–H groups in total. The minimum Gasteiger partial charge on any atom is -0.443 e. The lowest BCUT2D eigenvalue weighted by Gasteiger charge is -2.34. The van der Waals surface area contributed by atoms with Crippen LogP contribution >= 0.6 is 0 Å². The molecular weight excluding hydrogens is 208 g/mol. The standard InChI is InChI=1S/C11H22N2O3/c1-10(2,3)16-9(14)12-13-11(4)5-7-15-8-6-11/h13H,5-8H2,1-4H3,(H,12,14). The molecule has 94 valence electrons. The van der Waals surface area contributed by atoms with Gasteiger partial charge >= 0.3 is 6.09 Å². The second kappa shape index (κ2) is 5.01. The third-order valence-corrected chi connectivity index (χ3v) is 2.46. The molecule has 0 aromatic carbocycles. The summed E-state index contributed by atoms with van der Waals surface area (Å²) >= 11 is 0. The van der Waals surface area contributed by atoms with E-state index in [0.29, 0.717) is 0 Å². The van der Waals surface area contributed by atoms with Gasteiger partial charge < -0.3 is 9.47 Å². The zero-order valence-corrected chi connectivity index (χ0v) is 10.6. The Hall–Kier alpha value is -0.810. The summed E-state index contributed by atoms with van der Waals surface area (Å²) in [6.07, 6.45) is 1.31. The summed E-state index contributed by atoms with van der Waals surface area (Å²) in [6.45, 7) is 9.01. The Morgan fingerprint density at radius 1 is 1.31 bits per heavy atom. The van der Waals surface area contributed by atoms with Gasteiger partial charge in [-0.05, 0) is 40.5 Å². The highest BCUT2D eigenvalue weighted by Gasteiger charge is 2.28. The van der Waals surface area contributed by atoms with E-state index in [1.54, 1.807) is 0 Å². The number of hydrogen-bond donors (Lipinski definition) is 2. The molecule has 0 spiro atoms. The fourth-order valence-corrected chi connectivity index (χ4v) is 1.45. The maximum Gasteiger partial charge on any atom is 0.422 e. The summed E-state index contributed by atoms with van der Waals surface area (Å²) in [4.78, 5) is 11.4. The monoisotopic (exact) mass is 230 g/mol. The fraction of sp³-hybridized carbons (Fsp3) is 0.909. The minimum absolute atomic E-state index is 0.102. The Labute approximate surface area is 96.8 Å². The zero-order chi connectivity index (χ0) is 12.2. The number of hydrazine groups is 1. The summed E-state index contributed by atoms with van der Waals surface area (Å²) in [7, 11) is 0. The van der Waals surface area contributed by atoms with Crippen LogP contribution in [0.2, 0.25) is 0 Å². The van der Waals surface area contributed by atoms with Crippen LogP contribution in [0.4, 0.5) is 4.79 Å². The van der Waals surface area contributed by atoms with Crippen LogP contribution in [0, 0.1) is 0 Å². The molecule has 5 nitrogen and oxygen atoms in total. The van der Waals surface area contributed by atoms with Crippen molar-refractivity contribution in [2.75, 3.05) is 13.2 Å². The van der Waals surface area contributed by atoms with E-state index in [1.165, 1.54) is 0 Å². The molecular formula is C11H22N2O3. The first kappa shape index (κ1) is 13.3. The van der Waals surface area contributed by atoms with E-state index in [9.17, 15) is 4.79 Å². The van der Waals surface area contributed by atoms with Gasteiger partial charge in [0.2, 0.25) is 0 Å². The van der Waals surface area contributed by atoms with Crippen molar-refractivity contribution in [2.24, 2.45) is 0 Å². The number of amides is 1. The van der Waals surface area contributed by atoms with Gasteiger partial charge in [0.25, 0.3) is 0 Å². The van der Waals surface area contributed by atoms with E-state index >= 15 is 0 Å². The number of carbonyl (C=O) groups is 1. The van der Waals surface area contributed by atoms with Crippen molar-refractivity contribution in [3.05, 3.63) is 0 Å². The van der Waals surface area contributed by atoms with Crippen molar-refractivity contribution in [3.63, 3.8) is 0 Å². The Morgan fingerprint density at radius 3 is 2.38 bits per heavy atom. The number of hydrogen-bond acceptors (Lipinski definition) is 4. The SMILES string of the molecule is CC1(NNC(=O)OC(C)(C)C)CCOCC1. The second-order valence-corrected chi connectivity index (χ2v) is 5.42. The highest BCUT2D eigenvalue weighted by Crippen LogP contribution is 2.18. The summed E-state index contributed by atoms with van der Waals surface area (Å²) in [5.41, 5.74) is 5.03. The molecule has 0 aromatic heterocycles. The zero-order valence-electron chi connectivity index (χ0n) is 10.6. The Kier molecular flexibility index (Phi) is 4.15. The molecule has 0 atom stereocenters. The quantitative estimate of drug-likeness (QED) is 0.707. The molecule has 1 aliphatic rings. The third-order valence-electron chi connectivity index (χ3n) is 2.46. The molecule has 1 fully saturated rings. The molecule has 1 aliphatic heterocycles. The van der Waals surface area contributed by atoms with Gasteiger partial charge in [0.1, 0.15) is 5.60 Å². The number of nitrogens with one attached hydrogen (secondary N) is 2. The van der Waals surface area contributed by atoms with Gasteiger partial charge in [-0.25, -0.2) is 10.2 Å². The summed E-state index contributed by atoms with van der Waals surface area (Å²) in [5.74, 6) is 0. The summed E-state index contributed by atoms with van der Waals surface area (Å²) in [6, 6.07) is 0. The van der Waals surface area contributed by atoms with Crippen LogP contribution in [0.3, 0.4) is 0 Å². The van der Waals surface area contributed by atoms with Crippen LogP contribution in [0.1, 0.15) is 40.5 Å². The molecule has 16 heavy (non-hydrogen) atoms. The lowest BCUT2D eigenvalue weighted by atomic mass is 9.94. The Morgan fingerprint density at radius 2 is 1.88 bits per heavy atom. The van der Waals surface area contributed by atoms with Crippen LogP contribution in [-0.4, -0.2) is 30.4 Å². The molecule has 0 saturated carbocycles. The summed E-state index contributed by atoms with van der Waals surface area (Å²) < 4.78 is 10.4. The number of ether oxygens (including phenoxy) is 2. The van der Waals surface area contributed by atoms with Crippen molar-refractivity contribution in [2.45, 2.75) is 51.7 Å². The molecule has 0 unspecified atom stereocenters. The lowest BCUT2D eigenvalue weighted by molar-refractivity contribution is 0.0252. The van der Waals surface area contributed by atoms with Gasteiger partial charge in [-0.2, -0.15) is 0 Å². The van der Waals surface area contributed by atoms with Crippen molar-refractivity contribution < 1.29 is 14.3 Å². The highest BCUT2D eigenvalue weighted by molar-refractivity contribution is 5.67. The average molecular weight is 230 g/mol. The third kappa shape index (κ3) is 4.81. The van der Waals surface area contributed by atoms with Crippen LogP contribution in [-0.2, 0) is 9.47 Å². The van der Waals surface area contributed by atoms with Crippen molar-refractivity contribution in [3.8, 4) is 0 Å². The number of carbonyl (C=O) groups excluding carboxylic acids is 1. The molecule has 0 bridgehead atoms. The van der Waals surface area contributed by atoms with Gasteiger partial charge in [-0.15, -0.1) is 0 Å². The van der Waals surface area contributed by atoms with Crippen molar-refractivity contribution in [1.82, 2.24) is 10.9 Å². The molecule has 0 aromatic rings. The van der Waals surface area contributed by atoms with Gasteiger partial charge in [0.05, 0.1) is 0 Å². The summed E-state index contributed by atoms with van der Waals surface area (Å²) in [5, 5.41) is 0. The predicted octanol–water partition coefficient (Wildman–Crippen LogP) is 1.58. The smallest absolute Gasteiger partial charge is 0.422 e. The maximum atomic E-state index is 11.4. The van der Waals surface area contributed by atoms with Gasteiger partial charge in [-0.1, -0.05) is 0 Å². The van der Waals surface area contributed by atoms with E-state index in [2.05, 4.69) is 17.8 Å². The topological polar surface area (TPSA) is 59.6 Å². The van der Waals surface area contributed by atoms with Gasteiger partial charge in [-0.3, -0.25) is 5.43 Å². The van der Waals surface area contributed by atoms with E-state index in [0.717, 1.165) is 26.1 Å². The number of rotatable bonds is 2. The predicted molar refractivity (Wildman–Crippen MR) is 61.0 cm³/mol. The normalized spacial score (nSPS) is 20.2. The van der Waals surface area contributed by atoms with E-state index in [-0.39, 0.29) is 5.54 Å². The molecule has 1 heterocycles. The van der Waals surface area contributed by atoms with Crippen LogP contribution < -0.4 is 10.9 Å².